The van der Waals surface area contributed by atoms with Crippen molar-refractivity contribution in [2.75, 3.05) is 45.4 Å². The molecule has 2 aliphatic heterocycles. The Bertz CT molecular complexity index is 1050. The van der Waals surface area contributed by atoms with E-state index in [0.717, 1.165) is 5.69 Å². The van der Waals surface area contributed by atoms with Gasteiger partial charge in [-0.15, -0.1) is 0 Å². The molecule has 2 heterocycles. The van der Waals surface area contributed by atoms with Gasteiger partial charge in [-0.05, 0) is 35.9 Å². The fourth-order valence-electron chi connectivity index (χ4n) is 3.95. The van der Waals surface area contributed by atoms with Gasteiger partial charge >= 0.3 is 0 Å². The lowest BCUT2D eigenvalue weighted by Crippen LogP contribution is -2.32. The number of hydrogen-bond acceptors (Lipinski definition) is 6. The number of methoxy groups -OCH3 is 1. The van der Waals surface area contributed by atoms with Gasteiger partial charge in [-0.25, -0.2) is 0 Å². The summed E-state index contributed by atoms with van der Waals surface area (Å²) in [6.07, 6.45) is 0. The summed E-state index contributed by atoms with van der Waals surface area (Å²) in [5.41, 5.74) is 1.98. The zero-order valence-corrected chi connectivity index (χ0v) is 18.1. The first-order valence-corrected chi connectivity index (χ1v) is 10.3. The Kier molecular flexibility index (Phi) is 5.89. The van der Waals surface area contributed by atoms with E-state index in [1.54, 1.807) is 42.5 Å². The number of likely N-dealkylation sites (N-methyl/N-ethyl adjacent to an activating group) is 1. The van der Waals surface area contributed by atoms with Gasteiger partial charge in [0.25, 0.3) is 11.7 Å². The van der Waals surface area contributed by atoms with E-state index >= 15 is 0 Å². The molecule has 4 rings (SSSR count). The minimum absolute atomic E-state index is 0.0442. The number of aliphatic hydroxyl groups is 1. The highest BCUT2D eigenvalue weighted by molar-refractivity contribution is 6.46. The molecule has 2 aromatic carbocycles. The van der Waals surface area contributed by atoms with Crippen molar-refractivity contribution in [1.82, 2.24) is 4.90 Å². The average Bonchev–Trinajstić information content (AvgIpc) is 3.02. The SMILES string of the molecule is COCCN1C(=O)C(=O)/C(=C(\O)c2ccc3c(c2)N(C)CCO3)C1c1ccc(Cl)cc1. The van der Waals surface area contributed by atoms with E-state index in [2.05, 4.69) is 0 Å². The van der Waals surface area contributed by atoms with Crippen molar-refractivity contribution in [1.29, 1.82) is 0 Å². The van der Waals surface area contributed by atoms with Crippen LogP contribution in [-0.4, -0.2) is 62.2 Å². The van der Waals surface area contributed by atoms with Gasteiger partial charge in [-0.3, -0.25) is 9.59 Å². The zero-order chi connectivity index (χ0) is 22.1. The van der Waals surface area contributed by atoms with E-state index in [0.29, 0.717) is 35.1 Å². The first-order valence-electron chi connectivity index (χ1n) is 9.93. The van der Waals surface area contributed by atoms with Gasteiger partial charge in [-0.1, -0.05) is 23.7 Å². The van der Waals surface area contributed by atoms with Crippen molar-refractivity contribution >= 4 is 34.7 Å². The van der Waals surface area contributed by atoms with Crippen molar-refractivity contribution in [2.45, 2.75) is 6.04 Å². The van der Waals surface area contributed by atoms with Gasteiger partial charge < -0.3 is 24.4 Å². The third kappa shape index (κ3) is 3.86. The number of nitrogens with zero attached hydrogens (tertiary/aromatic N) is 2. The van der Waals surface area contributed by atoms with Gasteiger partial charge in [0.2, 0.25) is 0 Å². The lowest BCUT2D eigenvalue weighted by molar-refractivity contribution is -0.140. The number of ether oxygens (including phenoxy) is 2. The highest BCUT2D eigenvalue weighted by Crippen LogP contribution is 2.41. The maximum absolute atomic E-state index is 13.0. The number of anilines is 1. The minimum Gasteiger partial charge on any atom is -0.507 e. The summed E-state index contributed by atoms with van der Waals surface area (Å²) in [5.74, 6) is -0.909. The highest BCUT2D eigenvalue weighted by Gasteiger charge is 2.45. The molecule has 162 valence electrons. The van der Waals surface area contributed by atoms with Crippen LogP contribution in [0, 0.1) is 0 Å². The van der Waals surface area contributed by atoms with Crippen molar-refractivity contribution in [3.8, 4) is 5.75 Å². The average molecular weight is 443 g/mol. The summed E-state index contributed by atoms with van der Waals surface area (Å²) >= 11 is 6.03. The molecule has 0 bridgehead atoms. The molecular weight excluding hydrogens is 420 g/mol. The van der Waals surface area contributed by atoms with Crippen molar-refractivity contribution in [3.05, 3.63) is 64.2 Å². The second-order valence-electron chi connectivity index (χ2n) is 7.49. The fourth-order valence-corrected chi connectivity index (χ4v) is 4.07. The number of halogens is 1. The largest absolute Gasteiger partial charge is 0.507 e. The number of likely N-dealkylation sites (tertiary alicyclic amines) is 1. The van der Waals surface area contributed by atoms with E-state index < -0.39 is 17.7 Å². The normalized spacial score (nSPS) is 20.0. The lowest BCUT2D eigenvalue weighted by Gasteiger charge is -2.28. The second-order valence-corrected chi connectivity index (χ2v) is 7.93. The van der Waals surface area contributed by atoms with Gasteiger partial charge in [0, 0.05) is 31.3 Å². The molecule has 1 amide bonds. The highest BCUT2D eigenvalue weighted by atomic mass is 35.5. The molecule has 7 nitrogen and oxygen atoms in total. The Hall–Kier alpha value is -3.03. The summed E-state index contributed by atoms with van der Waals surface area (Å²) in [6.45, 7) is 1.77. The number of carbonyl (C=O) groups is 2. The van der Waals surface area contributed by atoms with Crippen LogP contribution < -0.4 is 9.64 Å². The number of carbonyl (C=O) groups excluding carboxylic acids is 2. The maximum Gasteiger partial charge on any atom is 0.295 e. The Balaban J connectivity index is 1.84. The Morgan fingerprint density at radius 1 is 1.23 bits per heavy atom. The number of Topliss-reactive ketones (excluding diaryl/α,β-unsaturated/α-hetero) is 1. The molecule has 2 aliphatic rings. The molecule has 1 atom stereocenters. The summed E-state index contributed by atoms with van der Waals surface area (Å²) < 4.78 is 10.8. The quantitative estimate of drug-likeness (QED) is 0.435. The number of fused-ring (bicyclic) bond motifs is 1. The standard InChI is InChI=1S/C23H23ClN2O5/c1-25-9-12-31-18-8-5-15(13-17(18)25)21(27)19-20(14-3-6-16(24)7-4-14)26(10-11-30-2)23(29)22(19)28/h3-8,13,20,27H,9-12H2,1-2H3/b21-19-. The van der Waals surface area contributed by atoms with Crippen molar-refractivity contribution in [3.63, 3.8) is 0 Å². The first-order chi connectivity index (χ1) is 14.9. The van der Waals surface area contributed by atoms with E-state index in [9.17, 15) is 14.7 Å². The van der Waals surface area contributed by atoms with Crippen LogP contribution in [0.5, 0.6) is 5.75 Å². The third-order valence-corrected chi connectivity index (χ3v) is 5.84. The molecule has 31 heavy (non-hydrogen) atoms. The summed E-state index contributed by atoms with van der Waals surface area (Å²) in [5, 5.41) is 11.7. The summed E-state index contributed by atoms with van der Waals surface area (Å²) in [4.78, 5) is 29.2. The van der Waals surface area contributed by atoms with E-state index in [1.165, 1.54) is 12.0 Å². The molecule has 0 radical (unpaired) electrons. The number of hydrogen-bond donors (Lipinski definition) is 1. The summed E-state index contributed by atoms with van der Waals surface area (Å²) in [7, 11) is 3.46. The van der Waals surface area contributed by atoms with Crippen LogP contribution in [0.4, 0.5) is 5.69 Å². The Morgan fingerprint density at radius 3 is 2.68 bits per heavy atom. The van der Waals surface area contributed by atoms with Crippen LogP contribution in [0.3, 0.4) is 0 Å². The molecule has 1 unspecified atom stereocenters. The molecule has 2 aromatic rings. The minimum atomic E-state index is -0.738. The van der Waals surface area contributed by atoms with E-state index in [1.807, 2.05) is 11.9 Å². The molecule has 1 N–H and O–H groups in total. The molecule has 0 aliphatic carbocycles. The van der Waals surface area contributed by atoms with Crippen LogP contribution in [-0.2, 0) is 14.3 Å². The lowest BCUT2D eigenvalue weighted by atomic mass is 9.95. The van der Waals surface area contributed by atoms with Gasteiger partial charge in [-0.2, -0.15) is 0 Å². The number of aliphatic hydroxyl groups excluding tert-OH is 1. The predicted molar refractivity (Wildman–Crippen MR) is 118 cm³/mol. The molecule has 8 heteroatoms. The molecular formula is C23H23ClN2O5. The number of ketones is 1. The van der Waals surface area contributed by atoms with Gasteiger partial charge in [0.15, 0.2) is 0 Å². The molecule has 1 saturated heterocycles. The first kappa shape index (κ1) is 21.2. The Morgan fingerprint density at radius 2 is 1.97 bits per heavy atom. The van der Waals surface area contributed by atoms with Crippen LogP contribution in [0.15, 0.2) is 48.0 Å². The molecule has 0 saturated carbocycles. The van der Waals surface area contributed by atoms with Gasteiger partial charge in [0.05, 0.1) is 30.5 Å². The van der Waals surface area contributed by atoms with Crippen molar-refractivity contribution in [2.24, 2.45) is 0 Å². The summed E-state index contributed by atoms with van der Waals surface area (Å²) in [6, 6.07) is 11.4. The monoisotopic (exact) mass is 442 g/mol. The van der Waals surface area contributed by atoms with Gasteiger partial charge in [0.1, 0.15) is 18.1 Å². The van der Waals surface area contributed by atoms with Crippen LogP contribution in [0.25, 0.3) is 5.76 Å². The maximum atomic E-state index is 13.0. The smallest absolute Gasteiger partial charge is 0.295 e. The van der Waals surface area contributed by atoms with Crippen LogP contribution in [0.2, 0.25) is 5.02 Å². The number of rotatable bonds is 5. The molecule has 0 aromatic heterocycles. The van der Waals surface area contributed by atoms with Crippen LogP contribution in [0.1, 0.15) is 17.2 Å². The third-order valence-electron chi connectivity index (χ3n) is 5.59. The second kappa shape index (κ2) is 8.61. The Labute approximate surface area is 185 Å². The predicted octanol–water partition coefficient (Wildman–Crippen LogP) is 3.24. The van der Waals surface area contributed by atoms with E-state index in [-0.39, 0.29) is 24.5 Å². The van der Waals surface area contributed by atoms with Crippen LogP contribution >= 0.6 is 11.6 Å². The molecule has 0 spiro atoms. The van der Waals surface area contributed by atoms with Crippen molar-refractivity contribution < 1.29 is 24.2 Å². The topological polar surface area (TPSA) is 79.3 Å². The zero-order valence-electron chi connectivity index (χ0n) is 17.3. The number of amides is 1. The van der Waals surface area contributed by atoms with E-state index in [4.69, 9.17) is 21.1 Å². The number of benzene rings is 2. The fraction of sp³-hybridized carbons (Fsp3) is 0.304. The molecule has 1 fully saturated rings.